The number of rotatable bonds is 4. The van der Waals surface area contributed by atoms with Crippen LogP contribution in [0.25, 0.3) is 27.8 Å². The average Bonchev–Trinajstić information content (AvgIpc) is 3.45. The molecule has 5 rings (SSSR count). The molecule has 0 bridgehead atoms. The topological polar surface area (TPSA) is 104 Å². The number of hydrogen-bond donors (Lipinski definition) is 1. The summed E-state index contributed by atoms with van der Waals surface area (Å²) in [5, 5.41) is 21.9. The van der Waals surface area contributed by atoms with Crippen molar-refractivity contribution in [1.82, 2.24) is 29.3 Å². The highest BCUT2D eigenvalue weighted by molar-refractivity contribution is 5.87. The van der Waals surface area contributed by atoms with Crippen LogP contribution in [-0.2, 0) is 11.8 Å². The largest absolute Gasteiger partial charge is 0.365 e. The summed E-state index contributed by atoms with van der Waals surface area (Å²) in [7, 11) is 1.88. The zero-order chi connectivity index (χ0) is 23.9. The molecule has 1 fully saturated rings. The molecule has 0 spiro atoms. The first kappa shape index (κ1) is 21.6. The number of fused-ring (bicyclic) bond motifs is 1. The minimum atomic E-state index is -0.118. The van der Waals surface area contributed by atoms with E-state index in [1.165, 1.54) is 0 Å². The predicted molar refractivity (Wildman–Crippen MR) is 129 cm³/mol. The molecule has 1 amide bonds. The second-order valence-corrected chi connectivity index (χ2v) is 9.13. The standard InChI is InChI=1S/C25H26N8O/c1-17(34)32-8-6-25(2,7-9-32)30-23-5-4-18(12-27-23)22-10-19(21-14-28-31(3)15-21)16-33-24(22)20(11-26)13-29-33/h4-5,10,12-16H,6-9H2,1-3H3,(H,27,30). The van der Waals surface area contributed by atoms with Crippen LogP contribution >= 0.6 is 0 Å². The number of aromatic nitrogens is 5. The van der Waals surface area contributed by atoms with Gasteiger partial charge in [0.25, 0.3) is 0 Å². The van der Waals surface area contributed by atoms with Gasteiger partial charge in [-0.1, -0.05) is 0 Å². The first-order chi connectivity index (χ1) is 16.3. The van der Waals surface area contributed by atoms with E-state index in [0.717, 1.165) is 59.5 Å². The number of likely N-dealkylation sites (tertiary alicyclic amines) is 1. The zero-order valence-corrected chi connectivity index (χ0v) is 19.5. The molecule has 4 aromatic rings. The molecular weight excluding hydrogens is 428 g/mol. The average molecular weight is 455 g/mol. The van der Waals surface area contributed by atoms with Crippen LogP contribution in [0.5, 0.6) is 0 Å². The van der Waals surface area contributed by atoms with Gasteiger partial charge < -0.3 is 10.2 Å². The molecule has 0 aliphatic carbocycles. The van der Waals surface area contributed by atoms with Gasteiger partial charge in [-0.2, -0.15) is 15.5 Å². The molecule has 9 heteroatoms. The SMILES string of the molecule is CC(=O)N1CCC(C)(Nc2ccc(-c3cc(-c4cnn(C)c4)cn4ncc(C#N)c34)cn2)CC1. The molecule has 5 heterocycles. The second-order valence-electron chi connectivity index (χ2n) is 9.13. The minimum absolute atomic E-state index is 0.118. The molecule has 9 nitrogen and oxygen atoms in total. The maximum Gasteiger partial charge on any atom is 0.219 e. The van der Waals surface area contributed by atoms with Gasteiger partial charge in [0, 0.05) is 73.4 Å². The number of aryl methyl sites for hydroxylation is 1. The number of anilines is 1. The van der Waals surface area contributed by atoms with Crippen molar-refractivity contribution in [2.45, 2.75) is 32.2 Å². The van der Waals surface area contributed by atoms with Crippen molar-refractivity contribution in [2.75, 3.05) is 18.4 Å². The van der Waals surface area contributed by atoms with E-state index in [0.29, 0.717) is 5.56 Å². The maximum atomic E-state index is 11.6. The Morgan fingerprint density at radius 1 is 1.09 bits per heavy atom. The number of nitriles is 1. The summed E-state index contributed by atoms with van der Waals surface area (Å²) in [6.45, 7) is 5.28. The van der Waals surface area contributed by atoms with E-state index in [1.807, 2.05) is 48.9 Å². The van der Waals surface area contributed by atoms with Gasteiger partial charge in [-0.05, 0) is 38.0 Å². The number of carbonyl (C=O) groups is 1. The minimum Gasteiger partial charge on any atom is -0.365 e. The van der Waals surface area contributed by atoms with Crippen molar-refractivity contribution in [3.05, 3.63) is 54.7 Å². The van der Waals surface area contributed by atoms with Gasteiger partial charge in [0.15, 0.2) is 0 Å². The lowest BCUT2D eigenvalue weighted by Crippen LogP contribution is -2.48. The van der Waals surface area contributed by atoms with Crippen molar-refractivity contribution < 1.29 is 4.79 Å². The summed E-state index contributed by atoms with van der Waals surface area (Å²) in [5.41, 5.74) is 4.85. The molecule has 1 aliphatic heterocycles. The Bertz CT molecular complexity index is 1400. The predicted octanol–water partition coefficient (Wildman–Crippen LogP) is 3.48. The molecule has 34 heavy (non-hydrogen) atoms. The Labute approximate surface area is 197 Å². The highest BCUT2D eigenvalue weighted by atomic mass is 16.2. The van der Waals surface area contributed by atoms with Crippen LogP contribution < -0.4 is 5.32 Å². The number of pyridine rings is 2. The smallest absolute Gasteiger partial charge is 0.219 e. The van der Waals surface area contributed by atoms with E-state index in [1.54, 1.807) is 22.3 Å². The van der Waals surface area contributed by atoms with Crippen LogP contribution in [0.1, 0.15) is 32.3 Å². The summed E-state index contributed by atoms with van der Waals surface area (Å²) in [6.07, 6.45) is 10.8. The van der Waals surface area contributed by atoms with Crippen LogP contribution in [0.3, 0.4) is 0 Å². The van der Waals surface area contributed by atoms with Crippen LogP contribution in [-0.4, -0.2) is 53.8 Å². The zero-order valence-electron chi connectivity index (χ0n) is 19.5. The third-order valence-electron chi connectivity index (χ3n) is 6.59. The lowest BCUT2D eigenvalue weighted by atomic mass is 9.89. The fourth-order valence-electron chi connectivity index (χ4n) is 4.53. The van der Waals surface area contributed by atoms with E-state index in [2.05, 4.69) is 39.6 Å². The molecule has 0 atom stereocenters. The van der Waals surface area contributed by atoms with Gasteiger partial charge >= 0.3 is 0 Å². The van der Waals surface area contributed by atoms with Crippen molar-refractivity contribution >= 4 is 17.2 Å². The normalized spacial score (nSPS) is 15.3. The van der Waals surface area contributed by atoms with Crippen LogP contribution in [0.15, 0.2) is 49.2 Å². The Morgan fingerprint density at radius 2 is 1.88 bits per heavy atom. The summed E-state index contributed by atoms with van der Waals surface area (Å²) in [6, 6.07) is 8.28. The highest BCUT2D eigenvalue weighted by Gasteiger charge is 2.31. The Kier molecular flexibility index (Phi) is 5.28. The molecule has 0 radical (unpaired) electrons. The van der Waals surface area contributed by atoms with Crippen molar-refractivity contribution in [1.29, 1.82) is 5.26 Å². The van der Waals surface area contributed by atoms with Gasteiger partial charge in [0.1, 0.15) is 11.9 Å². The van der Waals surface area contributed by atoms with Gasteiger partial charge in [-0.25, -0.2) is 9.50 Å². The molecule has 4 aromatic heterocycles. The van der Waals surface area contributed by atoms with Crippen molar-refractivity contribution in [2.24, 2.45) is 7.05 Å². The van der Waals surface area contributed by atoms with Gasteiger partial charge in [-0.15, -0.1) is 0 Å². The fourth-order valence-corrected chi connectivity index (χ4v) is 4.53. The molecule has 1 aliphatic rings. The van der Waals surface area contributed by atoms with Crippen LogP contribution in [0.4, 0.5) is 5.82 Å². The molecule has 0 aromatic carbocycles. The van der Waals surface area contributed by atoms with Gasteiger partial charge in [0.2, 0.25) is 5.91 Å². The number of hydrogen-bond acceptors (Lipinski definition) is 6. The summed E-state index contributed by atoms with van der Waals surface area (Å²) >= 11 is 0. The van der Waals surface area contributed by atoms with Crippen LogP contribution in [0.2, 0.25) is 0 Å². The summed E-state index contributed by atoms with van der Waals surface area (Å²) in [4.78, 5) is 18.2. The van der Waals surface area contributed by atoms with Crippen LogP contribution in [0, 0.1) is 11.3 Å². The molecular formula is C25H26N8O. The third kappa shape index (κ3) is 3.99. The Hall–Kier alpha value is -4.19. The van der Waals surface area contributed by atoms with E-state index < -0.39 is 0 Å². The van der Waals surface area contributed by atoms with E-state index in [-0.39, 0.29) is 11.4 Å². The molecule has 172 valence electrons. The second kappa shape index (κ2) is 8.30. The maximum absolute atomic E-state index is 11.6. The first-order valence-electron chi connectivity index (χ1n) is 11.3. The van der Waals surface area contributed by atoms with Gasteiger partial charge in [0.05, 0.1) is 23.5 Å². The molecule has 1 N–H and O–H groups in total. The number of nitrogens with one attached hydrogen (secondary N) is 1. The Morgan fingerprint density at radius 3 is 2.50 bits per heavy atom. The highest BCUT2D eigenvalue weighted by Crippen LogP contribution is 2.33. The van der Waals surface area contributed by atoms with Gasteiger partial charge in [-0.3, -0.25) is 9.48 Å². The van der Waals surface area contributed by atoms with E-state index in [9.17, 15) is 10.1 Å². The lowest BCUT2D eigenvalue weighted by Gasteiger charge is -2.40. The van der Waals surface area contributed by atoms with E-state index in [4.69, 9.17) is 0 Å². The lowest BCUT2D eigenvalue weighted by molar-refractivity contribution is -0.130. The molecule has 0 saturated carbocycles. The number of carbonyl (C=O) groups excluding carboxylic acids is 1. The van der Waals surface area contributed by atoms with Crippen molar-refractivity contribution in [3.8, 4) is 28.3 Å². The Balaban J connectivity index is 1.46. The summed E-state index contributed by atoms with van der Waals surface area (Å²) in [5.74, 6) is 0.914. The quantitative estimate of drug-likeness (QED) is 0.506. The molecule has 0 unspecified atom stereocenters. The fraction of sp³-hybridized carbons (Fsp3) is 0.320. The number of piperidine rings is 1. The summed E-state index contributed by atoms with van der Waals surface area (Å²) < 4.78 is 3.50. The number of amides is 1. The monoisotopic (exact) mass is 454 g/mol. The molecule has 1 saturated heterocycles. The number of nitrogens with zero attached hydrogens (tertiary/aromatic N) is 7. The first-order valence-corrected chi connectivity index (χ1v) is 11.3. The van der Waals surface area contributed by atoms with Crippen molar-refractivity contribution in [3.63, 3.8) is 0 Å². The van der Waals surface area contributed by atoms with E-state index >= 15 is 0 Å². The third-order valence-corrected chi connectivity index (χ3v) is 6.59.